The van der Waals surface area contributed by atoms with Crippen molar-refractivity contribution in [2.75, 3.05) is 11.9 Å². The van der Waals surface area contributed by atoms with Crippen molar-refractivity contribution in [2.45, 2.75) is 33.1 Å². The van der Waals surface area contributed by atoms with Gasteiger partial charge in [0.2, 0.25) is 5.78 Å². The number of hydrogen-bond donors (Lipinski definition) is 1. The average Bonchev–Trinajstić information content (AvgIpc) is 3.18. The van der Waals surface area contributed by atoms with Crippen molar-refractivity contribution in [1.29, 1.82) is 0 Å². The molecule has 0 bridgehead atoms. The van der Waals surface area contributed by atoms with Gasteiger partial charge in [-0.15, -0.1) is 0 Å². The molecule has 0 aliphatic rings. The van der Waals surface area contributed by atoms with Gasteiger partial charge in [-0.3, -0.25) is 9.59 Å². The predicted molar refractivity (Wildman–Crippen MR) is 135 cm³/mol. The number of ketones is 1. The molecule has 3 aromatic carbocycles. The summed E-state index contributed by atoms with van der Waals surface area (Å²) in [6.45, 7) is 8.67. The second-order valence-corrected chi connectivity index (χ2v) is 9.40. The van der Waals surface area contributed by atoms with Crippen molar-refractivity contribution < 1.29 is 18.7 Å². The zero-order chi connectivity index (χ0) is 24.5. The average molecular weight is 476 g/mol. The zero-order valence-corrected chi connectivity index (χ0v) is 20.3. The third kappa shape index (κ3) is 4.70. The summed E-state index contributed by atoms with van der Waals surface area (Å²) in [5, 5.41) is 3.86. The van der Waals surface area contributed by atoms with Gasteiger partial charge < -0.3 is 14.5 Å². The van der Waals surface area contributed by atoms with Crippen LogP contribution in [-0.2, 0) is 5.41 Å². The lowest BCUT2D eigenvalue weighted by atomic mass is 9.86. The number of hydrogen-bond acceptors (Lipinski definition) is 4. The fourth-order valence-electron chi connectivity index (χ4n) is 3.68. The molecule has 0 aliphatic heterocycles. The lowest BCUT2D eigenvalue weighted by Crippen LogP contribution is -2.15. The second-order valence-electron chi connectivity index (χ2n) is 8.99. The molecule has 0 spiro atoms. The summed E-state index contributed by atoms with van der Waals surface area (Å²) in [5.74, 6) is -0.177. The molecule has 1 heterocycles. The molecule has 0 aliphatic carbocycles. The van der Waals surface area contributed by atoms with E-state index in [1.165, 1.54) is 0 Å². The van der Waals surface area contributed by atoms with E-state index in [2.05, 4.69) is 26.1 Å². The molecule has 0 radical (unpaired) electrons. The highest BCUT2D eigenvalue weighted by Crippen LogP contribution is 2.34. The Morgan fingerprint density at radius 1 is 0.971 bits per heavy atom. The lowest BCUT2D eigenvalue weighted by Gasteiger charge is -2.19. The lowest BCUT2D eigenvalue weighted by molar-refractivity contribution is 0.101. The van der Waals surface area contributed by atoms with Crippen molar-refractivity contribution in [1.82, 2.24) is 0 Å². The van der Waals surface area contributed by atoms with Crippen molar-refractivity contribution in [2.24, 2.45) is 0 Å². The van der Waals surface area contributed by atoms with Gasteiger partial charge in [0.05, 0.1) is 17.3 Å². The molecule has 0 atom stereocenters. The standard InChI is InChI=1S/C28H26ClNO4/c1-5-33-23-15-12-18(16-21(23)29)25(31)26-24(20-8-6-7-9-22(20)34-26)30-27(32)17-10-13-19(14-11-17)28(2,3)4/h6-16H,5H2,1-4H3,(H,30,32). The van der Waals surface area contributed by atoms with E-state index in [4.69, 9.17) is 20.8 Å². The Balaban J connectivity index is 1.70. The zero-order valence-electron chi connectivity index (χ0n) is 19.6. The second kappa shape index (κ2) is 9.35. The van der Waals surface area contributed by atoms with E-state index in [9.17, 15) is 9.59 Å². The first-order chi connectivity index (χ1) is 16.2. The number of fused-ring (bicyclic) bond motifs is 1. The maximum atomic E-state index is 13.4. The van der Waals surface area contributed by atoms with E-state index in [1.54, 1.807) is 42.5 Å². The third-order valence-electron chi connectivity index (χ3n) is 5.55. The fraction of sp³-hybridized carbons (Fsp3) is 0.214. The highest BCUT2D eigenvalue weighted by molar-refractivity contribution is 6.32. The highest BCUT2D eigenvalue weighted by atomic mass is 35.5. The quantitative estimate of drug-likeness (QED) is 0.298. The van der Waals surface area contributed by atoms with Crippen LogP contribution in [0.2, 0.25) is 5.02 Å². The molecule has 0 unspecified atom stereocenters. The summed E-state index contributed by atoms with van der Waals surface area (Å²) in [4.78, 5) is 26.5. The number of rotatable bonds is 6. The molecule has 6 heteroatoms. The Hall–Kier alpha value is -3.57. The predicted octanol–water partition coefficient (Wildman–Crippen LogP) is 7.27. The maximum Gasteiger partial charge on any atom is 0.255 e. The molecule has 34 heavy (non-hydrogen) atoms. The van der Waals surface area contributed by atoms with Gasteiger partial charge in [0, 0.05) is 16.5 Å². The van der Waals surface area contributed by atoms with E-state index in [1.807, 2.05) is 31.2 Å². The van der Waals surface area contributed by atoms with E-state index < -0.39 is 0 Å². The van der Waals surface area contributed by atoms with E-state index in [-0.39, 0.29) is 22.9 Å². The van der Waals surface area contributed by atoms with Crippen LogP contribution in [0.4, 0.5) is 5.69 Å². The number of anilines is 1. The number of carbonyl (C=O) groups excluding carboxylic acids is 2. The molecule has 4 rings (SSSR count). The van der Waals surface area contributed by atoms with Crippen LogP contribution in [0.25, 0.3) is 11.0 Å². The van der Waals surface area contributed by atoms with Gasteiger partial charge in [-0.1, -0.05) is 56.6 Å². The summed E-state index contributed by atoms with van der Waals surface area (Å²) in [7, 11) is 0. The van der Waals surface area contributed by atoms with Gasteiger partial charge in [0.25, 0.3) is 5.91 Å². The van der Waals surface area contributed by atoms with Gasteiger partial charge in [-0.05, 0) is 60.4 Å². The van der Waals surface area contributed by atoms with Gasteiger partial charge >= 0.3 is 0 Å². The molecule has 0 saturated heterocycles. The van der Waals surface area contributed by atoms with E-state index >= 15 is 0 Å². The molecule has 174 valence electrons. The van der Waals surface area contributed by atoms with Crippen LogP contribution >= 0.6 is 11.6 Å². The molecule has 0 saturated carbocycles. The van der Waals surface area contributed by atoms with Crippen LogP contribution in [0, 0.1) is 0 Å². The van der Waals surface area contributed by atoms with Crippen LogP contribution in [-0.4, -0.2) is 18.3 Å². The molecule has 5 nitrogen and oxygen atoms in total. The van der Waals surface area contributed by atoms with Gasteiger partial charge in [0.15, 0.2) is 5.76 Å². The smallest absolute Gasteiger partial charge is 0.255 e. The minimum atomic E-state index is -0.389. The molecule has 1 amide bonds. The first-order valence-corrected chi connectivity index (χ1v) is 11.5. The van der Waals surface area contributed by atoms with Crippen molar-refractivity contribution >= 4 is 39.9 Å². The van der Waals surface area contributed by atoms with Crippen LogP contribution in [0.5, 0.6) is 5.75 Å². The normalized spacial score (nSPS) is 11.4. The number of para-hydroxylation sites is 1. The summed E-state index contributed by atoms with van der Waals surface area (Å²) >= 11 is 6.29. The molecular weight excluding hydrogens is 450 g/mol. The van der Waals surface area contributed by atoms with Crippen molar-refractivity contribution in [3.63, 3.8) is 0 Å². The number of carbonyl (C=O) groups is 2. The number of halogens is 1. The minimum Gasteiger partial charge on any atom is -0.492 e. The Bertz CT molecular complexity index is 1360. The van der Waals surface area contributed by atoms with Crippen molar-refractivity contribution in [3.05, 3.63) is 94.2 Å². The minimum absolute atomic E-state index is 0.0195. The van der Waals surface area contributed by atoms with Gasteiger partial charge in [0.1, 0.15) is 11.3 Å². The molecule has 0 fully saturated rings. The Kier molecular flexibility index (Phi) is 6.49. The third-order valence-corrected chi connectivity index (χ3v) is 5.84. The SMILES string of the molecule is CCOc1ccc(C(=O)c2oc3ccccc3c2NC(=O)c2ccc(C(C)(C)C)cc2)cc1Cl. The number of amides is 1. The Labute approximate surface area is 203 Å². The first-order valence-electron chi connectivity index (χ1n) is 11.1. The number of ether oxygens (including phenoxy) is 1. The largest absolute Gasteiger partial charge is 0.492 e. The Morgan fingerprint density at radius 2 is 1.65 bits per heavy atom. The van der Waals surface area contributed by atoms with Crippen LogP contribution in [0.15, 0.2) is 71.1 Å². The van der Waals surface area contributed by atoms with E-state index in [0.717, 1.165) is 5.56 Å². The number of benzene rings is 3. The Morgan fingerprint density at radius 3 is 2.29 bits per heavy atom. The highest BCUT2D eigenvalue weighted by Gasteiger charge is 2.24. The molecule has 1 N–H and O–H groups in total. The number of furan rings is 1. The molecule has 1 aromatic heterocycles. The van der Waals surface area contributed by atoms with Gasteiger partial charge in [-0.25, -0.2) is 0 Å². The first kappa shape index (κ1) is 23.6. The van der Waals surface area contributed by atoms with Crippen LogP contribution < -0.4 is 10.1 Å². The molecule has 4 aromatic rings. The van der Waals surface area contributed by atoms with Crippen LogP contribution in [0.1, 0.15) is 59.7 Å². The van der Waals surface area contributed by atoms with Crippen LogP contribution in [0.3, 0.4) is 0 Å². The summed E-state index contributed by atoms with van der Waals surface area (Å²) in [5.41, 5.74) is 2.75. The fourth-order valence-corrected chi connectivity index (χ4v) is 3.92. The monoisotopic (exact) mass is 475 g/mol. The topological polar surface area (TPSA) is 68.5 Å². The van der Waals surface area contributed by atoms with Gasteiger partial charge in [-0.2, -0.15) is 0 Å². The summed E-state index contributed by atoms with van der Waals surface area (Å²) in [6, 6.07) is 19.5. The van der Waals surface area contributed by atoms with Crippen molar-refractivity contribution in [3.8, 4) is 5.75 Å². The molecular formula is C28H26ClNO4. The summed E-state index contributed by atoms with van der Waals surface area (Å²) < 4.78 is 11.4. The maximum absolute atomic E-state index is 13.4. The summed E-state index contributed by atoms with van der Waals surface area (Å²) in [6.07, 6.45) is 0. The van der Waals surface area contributed by atoms with E-state index in [0.29, 0.717) is 45.2 Å². The number of nitrogens with one attached hydrogen (secondary N) is 1.